The minimum absolute atomic E-state index is 0.0364. The summed E-state index contributed by atoms with van der Waals surface area (Å²) in [5.41, 5.74) is 4.68. The molecule has 0 saturated carbocycles. The lowest BCUT2D eigenvalue weighted by molar-refractivity contribution is -0.127. The second kappa shape index (κ2) is 8.77. The van der Waals surface area contributed by atoms with Crippen LogP contribution in [0.25, 0.3) is 0 Å². The summed E-state index contributed by atoms with van der Waals surface area (Å²) in [5, 5.41) is 14.7. The number of nitrogens with zero attached hydrogens (tertiary/aromatic N) is 1. The number of carbonyl (C=O) groups is 1. The largest absolute Gasteiger partial charge is 0.409 e. The van der Waals surface area contributed by atoms with Crippen LogP contribution in [0.5, 0.6) is 0 Å². The predicted octanol–water partition coefficient (Wildman–Crippen LogP) is 2.62. The maximum Gasteiger partial charge on any atom is 0.233 e. The molecule has 0 rings (SSSR count). The zero-order valence-corrected chi connectivity index (χ0v) is 12.7. The Bertz CT molecular complexity index is 305. The van der Waals surface area contributed by atoms with E-state index in [1.54, 1.807) is 6.92 Å². The van der Waals surface area contributed by atoms with Gasteiger partial charge in [-0.15, -0.1) is 0 Å². The maximum atomic E-state index is 12.2. The van der Waals surface area contributed by atoms with Gasteiger partial charge in [-0.2, -0.15) is 0 Å². The lowest BCUT2D eigenvalue weighted by atomic mass is 9.85. The molecule has 0 aliphatic carbocycles. The van der Waals surface area contributed by atoms with Crippen molar-refractivity contribution in [1.29, 1.82) is 0 Å². The van der Waals surface area contributed by atoms with Crippen LogP contribution in [0, 0.1) is 5.41 Å². The van der Waals surface area contributed by atoms with Crippen LogP contribution in [0.1, 0.15) is 66.2 Å². The summed E-state index contributed by atoms with van der Waals surface area (Å²) in [6.45, 7) is 7.71. The zero-order chi connectivity index (χ0) is 14.9. The fraction of sp³-hybridized carbons (Fsp3) is 0.857. The van der Waals surface area contributed by atoms with Crippen LogP contribution in [0.4, 0.5) is 0 Å². The maximum absolute atomic E-state index is 12.2. The molecule has 2 unspecified atom stereocenters. The molecule has 0 heterocycles. The molecule has 0 aromatic heterocycles. The lowest BCUT2D eigenvalue weighted by Crippen LogP contribution is -2.49. The summed E-state index contributed by atoms with van der Waals surface area (Å²) in [7, 11) is 0. The van der Waals surface area contributed by atoms with Crippen LogP contribution in [-0.4, -0.2) is 23.0 Å². The van der Waals surface area contributed by atoms with Gasteiger partial charge in [0, 0.05) is 6.04 Å². The number of unbranched alkanes of at least 4 members (excludes halogenated alkanes) is 3. The minimum atomic E-state index is -0.938. The summed E-state index contributed by atoms with van der Waals surface area (Å²) >= 11 is 0. The van der Waals surface area contributed by atoms with Gasteiger partial charge in [0.05, 0.1) is 0 Å². The Morgan fingerprint density at radius 2 is 2.00 bits per heavy atom. The second-order valence-corrected chi connectivity index (χ2v) is 5.39. The minimum Gasteiger partial charge on any atom is -0.409 e. The van der Waals surface area contributed by atoms with E-state index in [-0.39, 0.29) is 17.8 Å². The molecule has 0 saturated heterocycles. The zero-order valence-electron chi connectivity index (χ0n) is 12.7. The fourth-order valence-corrected chi connectivity index (χ4v) is 1.90. The molecule has 5 nitrogen and oxygen atoms in total. The van der Waals surface area contributed by atoms with Crippen molar-refractivity contribution in [3.8, 4) is 0 Å². The van der Waals surface area contributed by atoms with Gasteiger partial charge in [-0.3, -0.25) is 4.79 Å². The van der Waals surface area contributed by atoms with E-state index >= 15 is 0 Å². The van der Waals surface area contributed by atoms with Crippen LogP contribution in [0.2, 0.25) is 0 Å². The van der Waals surface area contributed by atoms with Crippen LogP contribution in [0.15, 0.2) is 5.16 Å². The van der Waals surface area contributed by atoms with E-state index in [1.165, 1.54) is 19.3 Å². The molecule has 4 N–H and O–H groups in total. The number of amidine groups is 1. The Morgan fingerprint density at radius 1 is 1.37 bits per heavy atom. The topological polar surface area (TPSA) is 87.7 Å². The van der Waals surface area contributed by atoms with Gasteiger partial charge in [0.15, 0.2) is 5.84 Å². The van der Waals surface area contributed by atoms with Crippen molar-refractivity contribution in [2.24, 2.45) is 16.3 Å². The van der Waals surface area contributed by atoms with E-state index in [2.05, 4.69) is 17.4 Å². The first-order valence-corrected chi connectivity index (χ1v) is 7.21. The van der Waals surface area contributed by atoms with Gasteiger partial charge in [0.1, 0.15) is 5.41 Å². The number of nitrogens with two attached hydrogens (primary N) is 1. The van der Waals surface area contributed by atoms with Gasteiger partial charge >= 0.3 is 0 Å². The number of carbonyl (C=O) groups excluding carboxylic acids is 1. The Hall–Kier alpha value is -1.26. The van der Waals surface area contributed by atoms with E-state index in [9.17, 15) is 4.79 Å². The molecule has 112 valence electrons. The highest BCUT2D eigenvalue weighted by Crippen LogP contribution is 2.22. The van der Waals surface area contributed by atoms with Gasteiger partial charge in [-0.25, -0.2) is 0 Å². The number of oxime groups is 1. The summed E-state index contributed by atoms with van der Waals surface area (Å²) in [6.07, 6.45) is 6.21. The third-order valence-electron chi connectivity index (χ3n) is 3.75. The third kappa shape index (κ3) is 5.49. The van der Waals surface area contributed by atoms with E-state index < -0.39 is 5.41 Å². The molecule has 0 spiro atoms. The smallest absolute Gasteiger partial charge is 0.233 e. The molecular weight excluding hydrogens is 242 g/mol. The van der Waals surface area contributed by atoms with Crippen LogP contribution in [0.3, 0.4) is 0 Å². The average molecular weight is 271 g/mol. The van der Waals surface area contributed by atoms with Crippen molar-refractivity contribution < 1.29 is 10.0 Å². The normalized spacial score (nSPS) is 16.7. The van der Waals surface area contributed by atoms with Crippen molar-refractivity contribution in [3.05, 3.63) is 0 Å². The van der Waals surface area contributed by atoms with E-state index in [0.29, 0.717) is 6.42 Å². The quantitative estimate of drug-likeness (QED) is 0.198. The molecule has 19 heavy (non-hydrogen) atoms. The molecule has 5 heteroatoms. The summed E-state index contributed by atoms with van der Waals surface area (Å²) in [6, 6.07) is 0.113. The Morgan fingerprint density at radius 3 is 2.47 bits per heavy atom. The first-order chi connectivity index (χ1) is 8.92. The molecule has 0 aromatic carbocycles. The number of hydrogen-bond donors (Lipinski definition) is 3. The molecule has 0 fully saturated rings. The number of hydrogen-bond acceptors (Lipinski definition) is 3. The highest BCUT2D eigenvalue weighted by molar-refractivity contribution is 6.06. The van der Waals surface area contributed by atoms with E-state index in [4.69, 9.17) is 10.9 Å². The van der Waals surface area contributed by atoms with Crippen molar-refractivity contribution in [2.75, 3.05) is 0 Å². The summed E-state index contributed by atoms with van der Waals surface area (Å²) in [5.74, 6) is -0.209. The Labute approximate surface area is 116 Å². The predicted molar refractivity (Wildman–Crippen MR) is 78.2 cm³/mol. The van der Waals surface area contributed by atoms with Crippen LogP contribution < -0.4 is 11.1 Å². The number of rotatable bonds is 9. The summed E-state index contributed by atoms with van der Waals surface area (Å²) < 4.78 is 0. The van der Waals surface area contributed by atoms with Gasteiger partial charge in [0.25, 0.3) is 0 Å². The molecule has 0 aliphatic heterocycles. The van der Waals surface area contributed by atoms with Crippen molar-refractivity contribution in [2.45, 2.75) is 72.3 Å². The first kappa shape index (κ1) is 17.7. The van der Waals surface area contributed by atoms with Gasteiger partial charge in [-0.05, 0) is 26.7 Å². The standard InChI is InChI=1S/C14H29N3O2/c1-5-7-8-9-10-11(3)16-13(18)14(4,6-2)12(15)17-19/h11,19H,5-10H2,1-4H3,(H2,15,17)(H,16,18). The van der Waals surface area contributed by atoms with E-state index in [1.807, 2.05) is 13.8 Å². The van der Waals surface area contributed by atoms with Gasteiger partial charge in [-0.1, -0.05) is 44.7 Å². The first-order valence-electron chi connectivity index (χ1n) is 7.21. The van der Waals surface area contributed by atoms with Crippen LogP contribution >= 0.6 is 0 Å². The van der Waals surface area contributed by atoms with E-state index in [0.717, 1.165) is 12.8 Å². The Balaban J connectivity index is 4.34. The molecule has 2 atom stereocenters. The molecule has 0 radical (unpaired) electrons. The molecule has 1 amide bonds. The lowest BCUT2D eigenvalue weighted by Gasteiger charge is -2.27. The summed E-state index contributed by atoms with van der Waals surface area (Å²) in [4.78, 5) is 12.2. The molecule has 0 aromatic rings. The molecule has 0 aliphatic rings. The van der Waals surface area contributed by atoms with Gasteiger partial charge in [0.2, 0.25) is 5.91 Å². The Kier molecular flexibility index (Phi) is 8.19. The highest BCUT2D eigenvalue weighted by atomic mass is 16.4. The van der Waals surface area contributed by atoms with Crippen molar-refractivity contribution >= 4 is 11.7 Å². The SMILES string of the molecule is CCCCCCC(C)NC(=O)C(C)(CC)C(N)=NO. The average Bonchev–Trinajstić information content (AvgIpc) is 2.41. The van der Waals surface area contributed by atoms with Crippen molar-refractivity contribution in [3.63, 3.8) is 0 Å². The van der Waals surface area contributed by atoms with Crippen LogP contribution in [-0.2, 0) is 4.79 Å². The monoisotopic (exact) mass is 271 g/mol. The molecular formula is C14H29N3O2. The molecule has 0 bridgehead atoms. The number of amides is 1. The highest BCUT2D eigenvalue weighted by Gasteiger charge is 2.36. The second-order valence-electron chi connectivity index (χ2n) is 5.39. The number of nitrogens with one attached hydrogen (secondary N) is 1. The fourth-order valence-electron chi connectivity index (χ4n) is 1.90. The third-order valence-corrected chi connectivity index (χ3v) is 3.75. The van der Waals surface area contributed by atoms with Gasteiger partial charge < -0.3 is 16.3 Å². The van der Waals surface area contributed by atoms with Crippen molar-refractivity contribution in [1.82, 2.24) is 5.32 Å².